The van der Waals surface area contributed by atoms with E-state index in [4.69, 9.17) is 18.9 Å². The third-order valence-corrected chi connectivity index (χ3v) is 12.6. The molecule has 230 valence electrons. The molecule has 1 aromatic rings. The highest BCUT2D eigenvalue weighted by molar-refractivity contribution is 6.00. The highest BCUT2D eigenvalue weighted by atomic mass is 16.6. The third kappa shape index (κ3) is 3.21. The van der Waals surface area contributed by atoms with Gasteiger partial charge in [0.1, 0.15) is 16.8 Å². The second-order valence-corrected chi connectivity index (χ2v) is 13.7. The van der Waals surface area contributed by atoms with Gasteiger partial charge in [0.15, 0.2) is 0 Å². The van der Waals surface area contributed by atoms with Crippen LogP contribution in [-0.2, 0) is 23.7 Å². The number of anilines is 1. The first-order valence-electron chi connectivity index (χ1n) is 15.4. The normalized spacial score (nSPS) is 48.2. The minimum atomic E-state index is -1.48. The summed E-state index contributed by atoms with van der Waals surface area (Å²) in [7, 11) is 5.05. The summed E-state index contributed by atoms with van der Waals surface area (Å²) in [6.45, 7) is 4.79. The predicted octanol–water partition coefficient (Wildman–Crippen LogP) is 2.22. The smallest absolute Gasteiger partial charge is 0.340 e. The zero-order chi connectivity index (χ0) is 29.8. The van der Waals surface area contributed by atoms with Crippen LogP contribution in [0.2, 0.25) is 0 Å². The second-order valence-electron chi connectivity index (χ2n) is 13.7. The Kier molecular flexibility index (Phi) is 6.46. The highest BCUT2D eigenvalue weighted by Gasteiger charge is 2.89. The summed E-state index contributed by atoms with van der Waals surface area (Å²) in [4.78, 5) is 28.3. The number of hydrogen-bond donors (Lipinski definition) is 3. The summed E-state index contributed by atoms with van der Waals surface area (Å²) in [5.74, 6) is -1.54. The number of amides is 1. The second kappa shape index (κ2) is 9.46. The van der Waals surface area contributed by atoms with Crippen LogP contribution in [0.5, 0.6) is 0 Å². The van der Waals surface area contributed by atoms with Gasteiger partial charge in [0.2, 0.25) is 5.91 Å². The number of benzene rings is 1. The Morgan fingerprint density at radius 1 is 1.07 bits per heavy atom. The molecule has 1 aliphatic heterocycles. The number of rotatable bonds is 7. The SMILES string of the molecule is CCN1C[C@]2(OC(=O)c3ccccc3NC(C)=O)CC[C@H](OC)[C@@]34C2CC([C@@H]13)[C@@]1(O)CC(OC)[C@H]2CC4[C@]1(O)[C@H]2OC. The molecule has 6 fully saturated rings. The van der Waals surface area contributed by atoms with Gasteiger partial charge in [-0.25, -0.2) is 4.79 Å². The van der Waals surface area contributed by atoms with Gasteiger partial charge < -0.3 is 34.5 Å². The molecule has 1 saturated heterocycles. The molecular weight excluding hydrogens is 540 g/mol. The number of carbonyl (C=O) groups excluding carboxylic acids is 2. The van der Waals surface area contributed by atoms with Crippen molar-refractivity contribution in [3.8, 4) is 0 Å². The highest BCUT2D eigenvalue weighted by Crippen LogP contribution is 2.79. The molecule has 7 rings (SSSR count). The number of likely N-dealkylation sites (tertiary alicyclic amines) is 1. The van der Waals surface area contributed by atoms with Gasteiger partial charge in [-0.2, -0.15) is 0 Å². The van der Waals surface area contributed by atoms with E-state index >= 15 is 0 Å². The van der Waals surface area contributed by atoms with Gasteiger partial charge in [-0.1, -0.05) is 19.1 Å². The van der Waals surface area contributed by atoms with E-state index in [0.29, 0.717) is 56.4 Å². The Bertz CT molecular complexity index is 1290. The summed E-state index contributed by atoms with van der Waals surface area (Å²) >= 11 is 0. The Balaban J connectivity index is 1.38. The summed E-state index contributed by atoms with van der Waals surface area (Å²) < 4.78 is 25.1. The van der Waals surface area contributed by atoms with Crippen molar-refractivity contribution in [3.05, 3.63) is 29.8 Å². The van der Waals surface area contributed by atoms with Gasteiger partial charge in [0.05, 0.1) is 29.6 Å². The molecule has 6 aliphatic rings. The van der Waals surface area contributed by atoms with Gasteiger partial charge in [0, 0.05) is 76.3 Å². The average Bonchev–Trinajstić information content (AvgIpc) is 3.39. The van der Waals surface area contributed by atoms with Crippen molar-refractivity contribution in [1.29, 1.82) is 0 Å². The molecule has 1 heterocycles. The van der Waals surface area contributed by atoms with E-state index in [9.17, 15) is 19.8 Å². The minimum absolute atomic E-state index is 0.0432. The third-order valence-electron chi connectivity index (χ3n) is 12.6. The van der Waals surface area contributed by atoms with Crippen molar-refractivity contribution >= 4 is 17.6 Å². The van der Waals surface area contributed by atoms with Gasteiger partial charge in [0.25, 0.3) is 0 Å². The quantitative estimate of drug-likeness (QED) is 0.414. The fourth-order valence-electron chi connectivity index (χ4n) is 11.6. The van der Waals surface area contributed by atoms with Crippen molar-refractivity contribution in [2.24, 2.45) is 29.1 Å². The van der Waals surface area contributed by atoms with Gasteiger partial charge >= 0.3 is 5.97 Å². The van der Waals surface area contributed by atoms with E-state index in [1.807, 2.05) is 0 Å². The first kappa shape index (κ1) is 28.7. The molecule has 5 aliphatic carbocycles. The number of fused-ring (bicyclic) bond motifs is 2. The molecule has 7 bridgehead atoms. The lowest BCUT2D eigenvalue weighted by Crippen LogP contribution is -2.83. The van der Waals surface area contributed by atoms with Crippen LogP contribution in [-0.4, -0.2) is 103 Å². The lowest BCUT2D eigenvalue weighted by Gasteiger charge is -2.70. The summed E-state index contributed by atoms with van der Waals surface area (Å²) in [6, 6.07) is 6.89. The fraction of sp³-hybridized carbons (Fsp3) is 0.750. The van der Waals surface area contributed by atoms with Gasteiger partial charge in [-0.05, 0) is 44.4 Å². The average molecular weight is 585 g/mol. The zero-order valence-corrected chi connectivity index (χ0v) is 25.2. The molecule has 1 aromatic carbocycles. The standard InChI is InChI=1S/C32H44N2O8/c1-6-34-16-29(42-28(36)18-9-7-8-10-21(18)33-17(2)35)12-11-25(40-4)31-23(29)14-20(26(31)34)30(37)15-22(39-3)19-13-24(31)32(30,38)27(19)41-5/h7-10,19-20,22-27,37-38H,6,11-16H2,1-5H3,(H,33,35)/t19-,20?,22?,23?,24?,25+,26-,27+,29-,30+,31+,32+/m1/s1. The number of likely N-dealkylation sites (N-methyl/N-ethyl adjacent to an activating group) is 1. The topological polar surface area (TPSA) is 127 Å². The number of nitrogens with zero attached hydrogens (tertiary/aromatic N) is 1. The van der Waals surface area contributed by atoms with Crippen molar-refractivity contribution < 1.29 is 38.7 Å². The molecule has 10 nitrogen and oxygen atoms in total. The molecule has 1 spiro atoms. The van der Waals surface area contributed by atoms with Crippen LogP contribution in [0.3, 0.4) is 0 Å². The van der Waals surface area contributed by atoms with Gasteiger partial charge in [-0.3, -0.25) is 9.69 Å². The lowest BCUT2D eigenvalue weighted by atomic mass is 9.44. The molecular formula is C32H44N2O8. The van der Waals surface area contributed by atoms with E-state index in [-0.39, 0.29) is 47.8 Å². The zero-order valence-electron chi connectivity index (χ0n) is 25.2. The number of ether oxygens (including phenoxy) is 4. The van der Waals surface area contributed by atoms with Crippen LogP contribution in [0.15, 0.2) is 24.3 Å². The minimum Gasteiger partial charge on any atom is -0.454 e. The van der Waals surface area contributed by atoms with E-state index in [1.165, 1.54) is 6.92 Å². The number of nitrogens with one attached hydrogen (secondary N) is 1. The Labute approximate surface area is 247 Å². The summed E-state index contributed by atoms with van der Waals surface area (Å²) in [5, 5.41) is 28.4. The first-order chi connectivity index (χ1) is 20.1. The Morgan fingerprint density at radius 3 is 2.50 bits per heavy atom. The Hall–Kier alpha value is -2.08. The molecule has 0 aromatic heterocycles. The summed E-state index contributed by atoms with van der Waals surface area (Å²) in [5.41, 5.74) is -3.57. The van der Waals surface area contributed by atoms with Crippen molar-refractivity contribution in [3.63, 3.8) is 0 Å². The maximum absolute atomic E-state index is 14.0. The van der Waals surface area contributed by atoms with Crippen LogP contribution in [0.25, 0.3) is 0 Å². The van der Waals surface area contributed by atoms with Crippen molar-refractivity contribution in [2.45, 2.75) is 87.1 Å². The number of carbonyl (C=O) groups is 2. The largest absolute Gasteiger partial charge is 0.454 e. The maximum atomic E-state index is 14.0. The Morgan fingerprint density at radius 2 is 1.83 bits per heavy atom. The monoisotopic (exact) mass is 584 g/mol. The number of piperidine rings is 1. The van der Waals surface area contributed by atoms with E-state index in [2.05, 4.69) is 17.1 Å². The van der Waals surface area contributed by atoms with Crippen molar-refractivity contribution in [2.75, 3.05) is 39.7 Å². The van der Waals surface area contributed by atoms with Crippen LogP contribution in [0, 0.1) is 29.1 Å². The molecule has 5 saturated carbocycles. The molecule has 4 unspecified atom stereocenters. The molecule has 1 amide bonds. The van der Waals surface area contributed by atoms with E-state index < -0.39 is 34.3 Å². The maximum Gasteiger partial charge on any atom is 0.340 e. The number of hydrogen-bond acceptors (Lipinski definition) is 9. The van der Waals surface area contributed by atoms with Crippen LogP contribution < -0.4 is 5.32 Å². The van der Waals surface area contributed by atoms with Crippen LogP contribution >= 0.6 is 0 Å². The van der Waals surface area contributed by atoms with E-state index in [1.54, 1.807) is 45.6 Å². The number of methoxy groups -OCH3 is 3. The van der Waals surface area contributed by atoms with Crippen LogP contribution in [0.4, 0.5) is 5.69 Å². The number of aliphatic hydroxyl groups is 2. The molecule has 3 N–H and O–H groups in total. The van der Waals surface area contributed by atoms with Crippen molar-refractivity contribution in [1.82, 2.24) is 4.90 Å². The number of esters is 1. The molecule has 42 heavy (non-hydrogen) atoms. The summed E-state index contributed by atoms with van der Waals surface area (Å²) in [6.07, 6.45) is 1.91. The van der Waals surface area contributed by atoms with Crippen LogP contribution in [0.1, 0.15) is 56.3 Å². The molecule has 0 radical (unpaired) electrons. The fourth-order valence-corrected chi connectivity index (χ4v) is 11.6. The van der Waals surface area contributed by atoms with Gasteiger partial charge in [-0.15, -0.1) is 0 Å². The van der Waals surface area contributed by atoms with E-state index in [0.717, 1.165) is 0 Å². The first-order valence-corrected chi connectivity index (χ1v) is 15.4. The number of para-hydroxylation sites is 1. The molecule has 10 heteroatoms. The lowest BCUT2D eigenvalue weighted by molar-refractivity contribution is -0.337. The predicted molar refractivity (Wildman–Crippen MR) is 152 cm³/mol. The molecule has 12 atom stereocenters.